The standard InChI is InChI=1S/C13H7BrCl4/c14-6-7-1-2-9(10(16)3-7)13-11(17)4-8(15)5-12(13)18/h1-5H,6H2. The highest BCUT2D eigenvalue weighted by atomic mass is 79.9. The molecule has 2 aromatic rings. The second-order valence-electron chi connectivity index (χ2n) is 3.69. The van der Waals surface area contributed by atoms with Crippen molar-refractivity contribution in [2.45, 2.75) is 5.33 Å². The molecule has 0 radical (unpaired) electrons. The Kier molecular flexibility index (Phi) is 4.85. The molecule has 18 heavy (non-hydrogen) atoms. The lowest BCUT2D eigenvalue weighted by Gasteiger charge is -2.10. The molecule has 0 nitrogen and oxygen atoms in total. The van der Waals surface area contributed by atoms with Crippen LogP contribution < -0.4 is 0 Å². The van der Waals surface area contributed by atoms with Crippen LogP contribution in [0.5, 0.6) is 0 Å². The molecular formula is C13H7BrCl4. The summed E-state index contributed by atoms with van der Waals surface area (Å²) in [6, 6.07) is 9.06. The molecule has 5 heteroatoms. The third-order valence-corrected chi connectivity index (χ3v) is 4.24. The van der Waals surface area contributed by atoms with Crippen LogP contribution in [0, 0.1) is 0 Å². The third kappa shape index (κ3) is 2.97. The first-order valence-electron chi connectivity index (χ1n) is 5.02. The second kappa shape index (κ2) is 6.02. The van der Waals surface area contributed by atoms with Gasteiger partial charge in [-0.3, -0.25) is 0 Å². The lowest BCUT2D eigenvalue weighted by molar-refractivity contribution is 1.43. The van der Waals surface area contributed by atoms with Gasteiger partial charge < -0.3 is 0 Å². The Labute approximate surface area is 134 Å². The van der Waals surface area contributed by atoms with Gasteiger partial charge in [-0.25, -0.2) is 0 Å². The van der Waals surface area contributed by atoms with E-state index in [0.29, 0.717) is 25.7 Å². The topological polar surface area (TPSA) is 0 Å². The molecule has 94 valence electrons. The molecule has 0 spiro atoms. The fourth-order valence-electron chi connectivity index (χ4n) is 1.64. The van der Waals surface area contributed by atoms with Crippen LogP contribution in [0.15, 0.2) is 30.3 Å². The Hall–Kier alpha value is 0.0800. The minimum absolute atomic E-state index is 0.487. The van der Waals surface area contributed by atoms with Gasteiger partial charge in [0.2, 0.25) is 0 Å². The van der Waals surface area contributed by atoms with Crippen molar-refractivity contribution in [1.29, 1.82) is 0 Å². The lowest BCUT2D eigenvalue weighted by atomic mass is 10.0. The Morgan fingerprint density at radius 1 is 0.833 bits per heavy atom. The van der Waals surface area contributed by atoms with Crippen LogP contribution >= 0.6 is 62.3 Å². The minimum Gasteiger partial charge on any atom is -0.0876 e. The van der Waals surface area contributed by atoms with Crippen LogP contribution in [0.25, 0.3) is 11.1 Å². The SMILES string of the molecule is Clc1cc(Cl)c(-c2ccc(CBr)cc2Cl)c(Cl)c1. The maximum absolute atomic E-state index is 6.26. The van der Waals surface area contributed by atoms with Gasteiger partial charge in [-0.05, 0) is 23.8 Å². The smallest absolute Gasteiger partial charge is 0.0514 e. The molecule has 0 saturated heterocycles. The van der Waals surface area contributed by atoms with Crippen molar-refractivity contribution in [2.24, 2.45) is 0 Å². The number of hydrogen-bond donors (Lipinski definition) is 0. The number of benzene rings is 2. The van der Waals surface area contributed by atoms with Crippen molar-refractivity contribution in [1.82, 2.24) is 0 Å². The van der Waals surface area contributed by atoms with Gasteiger partial charge in [0, 0.05) is 26.5 Å². The maximum atomic E-state index is 6.26. The molecule has 0 aliphatic rings. The van der Waals surface area contributed by atoms with Gasteiger partial charge in [-0.2, -0.15) is 0 Å². The van der Waals surface area contributed by atoms with E-state index in [0.717, 1.165) is 16.5 Å². The highest BCUT2D eigenvalue weighted by Crippen LogP contribution is 2.40. The number of rotatable bonds is 2. The average molecular weight is 385 g/mol. The number of alkyl halides is 1. The number of hydrogen-bond acceptors (Lipinski definition) is 0. The monoisotopic (exact) mass is 382 g/mol. The first-order valence-corrected chi connectivity index (χ1v) is 7.65. The largest absolute Gasteiger partial charge is 0.0876 e. The summed E-state index contributed by atoms with van der Waals surface area (Å²) in [5.41, 5.74) is 2.59. The normalized spacial score (nSPS) is 10.7. The summed E-state index contributed by atoms with van der Waals surface area (Å²) in [6.07, 6.45) is 0. The van der Waals surface area contributed by atoms with Crippen LogP contribution in [0.1, 0.15) is 5.56 Å². The van der Waals surface area contributed by atoms with Gasteiger partial charge in [0.25, 0.3) is 0 Å². The molecule has 0 bridgehead atoms. The molecule has 0 N–H and O–H groups in total. The van der Waals surface area contributed by atoms with Crippen LogP contribution in [0.4, 0.5) is 0 Å². The van der Waals surface area contributed by atoms with Crippen molar-refractivity contribution in [2.75, 3.05) is 0 Å². The molecule has 2 aromatic carbocycles. The van der Waals surface area contributed by atoms with Crippen molar-refractivity contribution in [3.05, 3.63) is 56.0 Å². The predicted octanol–water partition coefficient (Wildman–Crippen LogP) is 6.86. The fourth-order valence-corrected chi connectivity index (χ4v) is 3.31. The molecule has 0 aliphatic heterocycles. The van der Waals surface area contributed by atoms with Crippen molar-refractivity contribution < 1.29 is 0 Å². The maximum Gasteiger partial charge on any atom is 0.0514 e. The second-order valence-corrected chi connectivity index (χ2v) is 5.91. The molecule has 0 aliphatic carbocycles. The molecular weight excluding hydrogens is 378 g/mol. The molecule has 0 atom stereocenters. The van der Waals surface area contributed by atoms with Gasteiger partial charge in [0.1, 0.15) is 0 Å². The Balaban J connectivity index is 2.62. The molecule has 2 rings (SSSR count). The van der Waals surface area contributed by atoms with E-state index in [-0.39, 0.29) is 0 Å². The van der Waals surface area contributed by atoms with Gasteiger partial charge in [-0.1, -0.05) is 74.5 Å². The minimum atomic E-state index is 0.487. The van der Waals surface area contributed by atoms with Crippen LogP contribution in [-0.2, 0) is 5.33 Å². The average Bonchev–Trinajstić information content (AvgIpc) is 2.29. The van der Waals surface area contributed by atoms with Crippen molar-refractivity contribution in [3.63, 3.8) is 0 Å². The van der Waals surface area contributed by atoms with Gasteiger partial charge >= 0.3 is 0 Å². The first-order chi connectivity index (χ1) is 8.52. The van der Waals surface area contributed by atoms with E-state index in [1.807, 2.05) is 18.2 Å². The van der Waals surface area contributed by atoms with E-state index < -0.39 is 0 Å². The highest BCUT2D eigenvalue weighted by molar-refractivity contribution is 9.08. The quantitative estimate of drug-likeness (QED) is 0.496. The van der Waals surface area contributed by atoms with Gasteiger partial charge in [0.15, 0.2) is 0 Å². The van der Waals surface area contributed by atoms with Crippen LogP contribution in [-0.4, -0.2) is 0 Å². The van der Waals surface area contributed by atoms with E-state index in [4.69, 9.17) is 46.4 Å². The summed E-state index contributed by atoms with van der Waals surface area (Å²) < 4.78 is 0. The predicted molar refractivity (Wildman–Crippen MR) is 84.5 cm³/mol. The van der Waals surface area contributed by atoms with E-state index in [1.54, 1.807) is 12.1 Å². The zero-order chi connectivity index (χ0) is 13.3. The Bertz CT molecular complexity index is 573. The number of halogens is 5. The van der Waals surface area contributed by atoms with Crippen LogP contribution in [0.3, 0.4) is 0 Å². The van der Waals surface area contributed by atoms with E-state index in [1.165, 1.54) is 0 Å². The molecule has 0 unspecified atom stereocenters. The summed E-state index contributed by atoms with van der Waals surface area (Å²) in [5, 5.41) is 2.83. The van der Waals surface area contributed by atoms with E-state index in [2.05, 4.69) is 15.9 Å². The molecule has 0 heterocycles. The van der Waals surface area contributed by atoms with Gasteiger partial charge in [-0.15, -0.1) is 0 Å². The summed E-state index contributed by atoms with van der Waals surface area (Å²) in [7, 11) is 0. The van der Waals surface area contributed by atoms with E-state index >= 15 is 0 Å². The Morgan fingerprint density at radius 2 is 1.44 bits per heavy atom. The van der Waals surface area contributed by atoms with Crippen molar-refractivity contribution in [3.8, 4) is 11.1 Å². The van der Waals surface area contributed by atoms with Crippen LogP contribution in [0.2, 0.25) is 20.1 Å². The molecule has 0 saturated carbocycles. The fraction of sp³-hybridized carbons (Fsp3) is 0.0769. The van der Waals surface area contributed by atoms with Gasteiger partial charge in [0.05, 0.1) is 10.0 Å². The molecule has 0 aromatic heterocycles. The summed E-state index contributed by atoms with van der Waals surface area (Å²) >= 11 is 27.9. The zero-order valence-corrected chi connectivity index (χ0v) is 13.6. The first kappa shape index (κ1) is 14.5. The lowest BCUT2D eigenvalue weighted by Crippen LogP contribution is -1.86. The zero-order valence-electron chi connectivity index (χ0n) is 8.98. The summed E-state index contributed by atoms with van der Waals surface area (Å²) in [6.45, 7) is 0. The van der Waals surface area contributed by atoms with E-state index in [9.17, 15) is 0 Å². The third-order valence-electron chi connectivity index (χ3n) is 2.46. The highest BCUT2D eigenvalue weighted by Gasteiger charge is 2.13. The summed E-state index contributed by atoms with van der Waals surface area (Å²) in [5.74, 6) is 0. The Morgan fingerprint density at radius 3 is 1.94 bits per heavy atom. The molecule has 0 amide bonds. The summed E-state index contributed by atoms with van der Waals surface area (Å²) in [4.78, 5) is 0. The molecule has 0 fully saturated rings. The van der Waals surface area contributed by atoms with Crippen molar-refractivity contribution >= 4 is 62.3 Å².